The van der Waals surface area contributed by atoms with Crippen LogP contribution in [0.15, 0.2) is 36.5 Å². The van der Waals surface area contributed by atoms with Crippen LogP contribution in [-0.2, 0) is 28.6 Å². The van der Waals surface area contributed by atoms with Crippen LogP contribution in [0, 0.1) is 0 Å². The minimum atomic E-state index is -0.768. The van der Waals surface area contributed by atoms with E-state index in [9.17, 15) is 14.4 Å². The molecule has 0 aliphatic rings. The lowest BCUT2D eigenvalue weighted by Crippen LogP contribution is -2.30. The summed E-state index contributed by atoms with van der Waals surface area (Å²) in [7, 11) is 0. The zero-order valence-corrected chi connectivity index (χ0v) is 52.0. The lowest BCUT2D eigenvalue weighted by atomic mass is 10.0. The van der Waals surface area contributed by atoms with Gasteiger partial charge in [-0.2, -0.15) is 0 Å². The van der Waals surface area contributed by atoms with Crippen molar-refractivity contribution in [3.63, 3.8) is 0 Å². The number of carbonyl (C=O) groups excluding carboxylic acids is 3. The first-order valence-electron chi connectivity index (χ1n) is 34.5. The van der Waals surface area contributed by atoms with Gasteiger partial charge >= 0.3 is 17.9 Å². The van der Waals surface area contributed by atoms with Crippen molar-refractivity contribution < 1.29 is 28.6 Å². The average Bonchev–Trinajstić information content (AvgIpc) is 3.43. The van der Waals surface area contributed by atoms with Gasteiger partial charge in [0.2, 0.25) is 0 Å². The highest BCUT2D eigenvalue weighted by Gasteiger charge is 2.19. The molecule has 0 aromatic rings. The first kappa shape index (κ1) is 74.6. The molecule has 1 atom stereocenters. The standard InChI is InChI=1S/C71H132O6/c1-4-7-10-13-16-19-22-24-26-28-30-31-32-33-34-35-36-37-38-39-41-42-44-46-49-52-55-58-61-64-70(73)76-67-68(66-75-69(72)63-60-57-54-51-48-21-18-15-12-9-6-3)77-71(74)65-62-59-56-53-50-47-45-43-40-29-27-25-23-20-17-14-11-8-5-2/h22,24,28,30,32-33,68H,4-21,23,25-27,29,31,34-67H2,1-3H3/b24-22-,30-28-,33-32-. The average molecular weight is 1080 g/mol. The van der Waals surface area contributed by atoms with Crippen LogP contribution in [0.3, 0.4) is 0 Å². The molecular weight excluding hydrogens is 949 g/mol. The number of unbranched alkanes of at least 4 members (excludes halogenated alkanes) is 47. The molecule has 0 aromatic heterocycles. The van der Waals surface area contributed by atoms with Crippen LogP contribution in [0.1, 0.15) is 380 Å². The smallest absolute Gasteiger partial charge is 0.306 e. The molecule has 6 heteroatoms. The third-order valence-corrected chi connectivity index (χ3v) is 15.6. The van der Waals surface area contributed by atoms with Crippen molar-refractivity contribution in [2.45, 2.75) is 386 Å². The molecular formula is C71H132O6. The third kappa shape index (κ3) is 64.3. The maximum atomic E-state index is 12.9. The monoisotopic (exact) mass is 1080 g/mol. The third-order valence-electron chi connectivity index (χ3n) is 15.6. The number of esters is 3. The van der Waals surface area contributed by atoms with Crippen LogP contribution in [0.4, 0.5) is 0 Å². The minimum Gasteiger partial charge on any atom is -0.462 e. The van der Waals surface area contributed by atoms with E-state index in [0.717, 1.165) is 70.6 Å². The van der Waals surface area contributed by atoms with Crippen LogP contribution in [0.2, 0.25) is 0 Å². The van der Waals surface area contributed by atoms with Crippen molar-refractivity contribution in [2.24, 2.45) is 0 Å². The van der Waals surface area contributed by atoms with E-state index in [1.165, 1.54) is 270 Å². The summed E-state index contributed by atoms with van der Waals surface area (Å²) in [5.74, 6) is -0.839. The Morgan fingerprint density at radius 3 is 0.727 bits per heavy atom. The van der Waals surface area contributed by atoms with Gasteiger partial charge in [0, 0.05) is 19.3 Å². The molecule has 0 fully saturated rings. The number of hydrogen-bond acceptors (Lipinski definition) is 6. The molecule has 0 radical (unpaired) electrons. The van der Waals surface area contributed by atoms with Crippen molar-refractivity contribution in [3.8, 4) is 0 Å². The molecule has 0 heterocycles. The number of allylic oxidation sites excluding steroid dienone is 6. The zero-order valence-electron chi connectivity index (χ0n) is 52.0. The Morgan fingerprint density at radius 2 is 0.468 bits per heavy atom. The Morgan fingerprint density at radius 1 is 0.260 bits per heavy atom. The summed E-state index contributed by atoms with van der Waals surface area (Å²) in [6.45, 7) is 6.69. The molecule has 452 valence electrons. The van der Waals surface area contributed by atoms with Crippen molar-refractivity contribution in [1.29, 1.82) is 0 Å². The maximum absolute atomic E-state index is 12.9. The molecule has 0 spiro atoms. The van der Waals surface area contributed by atoms with Gasteiger partial charge in [0.1, 0.15) is 13.2 Å². The van der Waals surface area contributed by atoms with Gasteiger partial charge in [-0.05, 0) is 57.8 Å². The van der Waals surface area contributed by atoms with E-state index in [1.807, 2.05) is 0 Å². The Kier molecular flexibility index (Phi) is 64.1. The summed E-state index contributed by atoms with van der Waals surface area (Å²) in [5, 5.41) is 0. The number of ether oxygens (including phenoxy) is 3. The molecule has 1 unspecified atom stereocenters. The second-order valence-corrected chi connectivity index (χ2v) is 23.5. The van der Waals surface area contributed by atoms with Gasteiger partial charge in [0.15, 0.2) is 6.10 Å². The summed E-state index contributed by atoms with van der Waals surface area (Å²) in [4.78, 5) is 38.3. The predicted molar refractivity (Wildman–Crippen MR) is 335 cm³/mol. The number of rotatable bonds is 64. The highest BCUT2D eigenvalue weighted by atomic mass is 16.6. The fourth-order valence-electron chi connectivity index (χ4n) is 10.5. The molecule has 0 amide bonds. The summed E-state index contributed by atoms with van der Waals surface area (Å²) in [6.07, 6.45) is 81.7. The molecule has 0 saturated carbocycles. The van der Waals surface area contributed by atoms with E-state index in [0.29, 0.717) is 19.3 Å². The Hall–Kier alpha value is -2.37. The van der Waals surface area contributed by atoms with E-state index >= 15 is 0 Å². The molecule has 6 nitrogen and oxygen atoms in total. The molecule has 0 bridgehead atoms. The van der Waals surface area contributed by atoms with Crippen molar-refractivity contribution in [3.05, 3.63) is 36.5 Å². The van der Waals surface area contributed by atoms with Crippen LogP contribution in [0.5, 0.6) is 0 Å². The lowest BCUT2D eigenvalue weighted by molar-refractivity contribution is -0.167. The van der Waals surface area contributed by atoms with Gasteiger partial charge in [-0.25, -0.2) is 0 Å². The summed E-state index contributed by atoms with van der Waals surface area (Å²) in [6, 6.07) is 0. The molecule has 0 saturated heterocycles. The summed E-state index contributed by atoms with van der Waals surface area (Å²) < 4.78 is 17.0. The summed E-state index contributed by atoms with van der Waals surface area (Å²) >= 11 is 0. The lowest BCUT2D eigenvalue weighted by Gasteiger charge is -2.18. The van der Waals surface area contributed by atoms with E-state index in [4.69, 9.17) is 14.2 Å². The maximum Gasteiger partial charge on any atom is 0.306 e. The molecule has 0 aliphatic heterocycles. The number of carbonyl (C=O) groups is 3. The van der Waals surface area contributed by atoms with E-state index in [1.54, 1.807) is 0 Å². The first-order valence-corrected chi connectivity index (χ1v) is 34.5. The molecule has 0 N–H and O–H groups in total. The van der Waals surface area contributed by atoms with Crippen LogP contribution < -0.4 is 0 Å². The molecule has 77 heavy (non-hydrogen) atoms. The van der Waals surface area contributed by atoms with Gasteiger partial charge in [-0.3, -0.25) is 14.4 Å². The fourth-order valence-corrected chi connectivity index (χ4v) is 10.5. The molecule has 0 rings (SSSR count). The van der Waals surface area contributed by atoms with Crippen molar-refractivity contribution >= 4 is 17.9 Å². The van der Waals surface area contributed by atoms with Crippen molar-refractivity contribution in [2.75, 3.05) is 13.2 Å². The molecule has 0 aliphatic carbocycles. The fraction of sp³-hybridized carbons (Fsp3) is 0.873. The van der Waals surface area contributed by atoms with Crippen molar-refractivity contribution in [1.82, 2.24) is 0 Å². The highest BCUT2D eigenvalue weighted by molar-refractivity contribution is 5.71. The van der Waals surface area contributed by atoms with Gasteiger partial charge in [-0.15, -0.1) is 0 Å². The zero-order chi connectivity index (χ0) is 55.7. The minimum absolute atomic E-state index is 0.0656. The van der Waals surface area contributed by atoms with Gasteiger partial charge in [0.05, 0.1) is 0 Å². The van der Waals surface area contributed by atoms with E-state index in [-0.39, 0.29) is 31.1 Å². The predicted octanol–water partition coefficient (Wildman–Crippen LogP) is 23.6. The Labute approximate surface area is 480 Å². The van der Waals surface area contributed by atoms with E-state index in [2.05, 4.69) is 57.2 Å². The normalized spacial score (nSPS) is 12.2. The second kappa shape index (κ2) is 66.1. The van der Waals surface area contributed by atoms with Gasteiger partial charge in [0.25, 0.3) is 0 Å². The largest absolute Gasteiger partial charge is 0.462 e. The van der Waals surface area contributed by atoms with Crippen LogP contribution in [-0.4, -0.2) is 37.2 Å². The Balaban J connectivity index is 4.16. The van der Waals surface area contributed by atoms with E-state index < -0.39 is 6.10 Å². The summed E-state index contributed by atoms with van der Waals surface area (Å²) in [5.41, 5.74) is 0. The van der Waals surface area contributed by atoms with Gasteiger partial charge < -0.3 is 14.2 Å². The first-order chi connectivity index (χ1) is 38.0. The SMILES string of the molecule is CCCCCCC/C=C\C/C=C\C/C=C\CCCCCCCCCCCCCCCCC(=O)OCC(COC(=O)CCCCCCCCCCCCC)OC(=O)CCCCCCCCCCCCCCCCCCCCC. The number of hydrogen-bond donors (Lipinski definition) is 0. The Bertz CT molecular complexity index is 1290. The van der Waals surface area contributed by atoms with Crippen LogP contribution >= 0.6 is 0 Å². The highest BCUT2D eigenvalue weighted by Crippen LogP contribution is 2.18. The van der Waals surface area contributed by atoms with Gasteiger partial charge in [-0.1, -0.05) is 340 Å². The topological polar surface area (TPSA) is 78.9 Å². The quantitative estimate of drug-likeness (QED) is 0.0261. The second-order valence-electron chi connectivity index (χ2n) is 23.5. The van der Waals surface area contributed by atoms with Crippen LogP contribution in [0.25, 0.3) is 0 Å². The molecule has 0 aromatic carbocycles.